The van der Waals surface area contributed by atoms with Gasteiger partial charge in [-0.25, -0.2) is 4.98 Å². The van der Waals surface area contributed by atoms with Crippen molar-refractivity contribution in [2.75, 3.05) is 12.9 Å². The predicted molar refractivity (Wildman–Crippen MR) is 107 cm³/mol. The highest BCUT2D eigenvalue weighted by Crippen LogP contribution is 2.30. The number of nitrogens with one attached hydrogen (secondary N) is 2. The van der Waals surface area contributed by atoms with Crippen molar-refractivity contribution < 1.29 is 19.1 Å². The molecule has 2 amide bonds. The number of imidazole rings is 1. The number of para-hydroxylation sites is 2. The molecule has 9 heteroatoms. The molecule has 0 bridgehead atoms. The van der Waals surface area contributed by atoms with Gasteiger partial charge in [0, 0.05) is 23.6 Å². The summed E-state index contributed by atoms with van der Waals surface area (Å²) in [5.41, 5.74) is 6.08. The maximum absolute atomic E-state index is 12.3. The van der Waals surface area contributed by atoms with Crippen LogP contribution in [0.5, 0.6) is 11.5 Å². The van der Waals surface area contributed by atoms with Crippen molar-refractivity contribution in [2.24, 2.45) is 0 Å². The molecule has 29 heavy (non-hydrogen) atoms. The topological polar surface area (TPSA) is 94.5 Å². The van der Waals surface area contributed by atoms with E-state index < -0.39 is 17.9 Å². The molecule has 0 radical (unpaired) electrons. The molecule has 0 saturated heterocycles. The molecule has 1 aromatic heterocycles. The summed E-state index contributed by atoms with van der Waals surface area (Å²) in [6, 6.07) is 14.1. The van der Waals surface area contributed by atoms with E-state index in [9.17, 15) is 9.59 Å². The van der Waals surface area contributed by atoms with Crippen LogP contribution in [0.15, 0.2) is 66.1 Å². The van der Waals surface area contributed by atoms with Crippen LogP contribution >= 0.6 is 11.8 Å². The summed E-state index contributed by atoms with van der Waals surface area (Å²) in [7, 11) is 0. The number of hydrazine groups is 1. The Morgan fingerprint density at radius 3 is 2.62 bits per heavy atom. The summed E-state index contributed by atoms with van der Waals surface area (Å²) in [5, 5.41) is 0.853. The van der Waals surface area contributed by atoms with Gasteiger partial charge >= 0.3 is 0 Å². The Hall–Kier alpha value is -3.46. The van der Waals surface area contributed by atoms with E-state index in [1.165, 1.54) is 11.8 Å². The molecule has 148 valence electrons. The number of nitrogens with zero attached hydrogens (tertiary/aromatic N) is 2. The summed E-state index contributed by atoms with van der Waals surface area (Å²) < 4.78 is 13.0. The van der Waals surface area contributed by atoms with Crippen LogP contribution in [0.2, 0.25) is 0 Å². The Morgan fingerprint density at radius 1 is 1.10 bits per heavy atom. The highest BCUT2D eigenvalue weighted by Gasteiger charge is 2.27. The number of fused-ring (bicyclic) bond motifs is 1. The molecule has 8 nitrogen and oxygen atoms in total. The van der Waals surface area contributed by atoms with Gasteiger partial charge in [0.05, 0.1) is 0 Å². The second-order valence-corrected chi connectivity index (χ2v) is 6.91. The molecular formula is C20H18N4O4S. The normalized spacial score (nSPS) is 14.9. The van der Waals surface area contributed by atoms with Crippen LogP contribution in [-0.2, 0) is 4.79 Å². The van der Waals surface area contributed by atoms with Gasteiger partial charge in [-0.3, -0.25) is 25.0 Å². The summed E-state index contributed by atoms with van der Waals surface area (Å²) in [4.78, 5) is 28.9. The molecule has 1 aliphatic rings. The Kier molecular flexibility index (Phi) is 5.39. The van der Waals surface area contributed by atoms with Crippen LogP contribution in [0.4, 0.5) is 0 Å². The second-order valence-electron chi connectivity index (χ2n) is 6.14. The van der Waals surface area contributed by atoms with Crippen LogP contribution in [-0.4, -0.2) is 40.3 Å². The number of amides is 2. The lowest BCUT2D eigenvalue weighted by Crippen LogP contribution is -2.50. The average Bonchev–Trinajstić information content (AvgIpc) is 3.26. The highest BCUT2D eigenvalue weighted by atomic mass is 32.2. The molecule has 2 heterocycles. The van der Waals surface area contributed by atoms with E-state index in [0.717, 1.165) is 10.8 Å². The summed E-state index contributed by atoms with van der Waals surface area (Å²) in [6.45, 7) is 0.0656. The maximum Gasteiger partial charge on any atom is 0.283 e. The van der Waals surface area contributed by atoms with Crippen molar-refractivity contribution in [3.63, 3.8) is 0 Å². The molecule has 1 atom stereocenters. The Bertz CT molecular complexity index is 1030. The minimum atomic E-state index is -0.848. The van der Waals surface area contributed by atoms with Crippen LogP contribution in [0, 0.1) is 0 Å². The first kappa shape index (κ1) is 18.9. The van der Waals surface area contributed by atoms with Crippen LogP contribution in [0.1, 0.15) is 10.4 Å². The molecule has 0 fully saturated rings. The number of hydrogen-bond acceptors (Lipinski definition) is 6. The zero-order valence-corrected chi connectivity index (χ0v) is 16.3. The van der Waals surface area contributed by atoms with Crippen LogP contribution in [0.25, 0.3) is 5.69 Å². The number of hydrogen-bond donors (Lipinski definition) is 2. The highest BCUT2D eigenvalue weighted by molar-refractivity contribution is 7.98. The Morgan fingerprint density at radius 2 is 1.86 bits per heavy atom. The zero-order chi connectivity index (χ0) is 20.2. The van der Waals surface area contributed by atoms with E-state index in [-0.39, 0.29) is 6.61 Å². The van der Waals surface area contributed by atoms with Crippen molar-refractivity contribution in [2.45, 2.75) is 11.3 Å². The molecule has 4 rings (SSSR count). The number of carbonyl (C=O) groups is 2. The number of carbonyl (C=O) groups excluding carboxylic acids is 2. The Balaban J connectivity index is 1.34. The van der Waals surface area contributed by atoms with Crippen molar-refractivity contribution in [3.05, 3.63) is 66.5 Å². The number of benzene rings is 2. The minimum absolute atomic E-state index is 0.0656. The third kappa shape index (κ3) is 4.04. The third-order valence-electron chi connectivity index (χ3n) is 4.30. The van der Waals surface area contributed by atoms with Gasteiger partial charge in [-0.15, -0.1) is 0 Å². The third-order valence-corrected chi connectivity index (χ3v) is 4.96. The SMILES string of the molecule is CSc1nccn1-c1ccc(C(=O)NNC(=O)[C@H]2COc3ccccc3O2)cc1. The quantitative estimate of drug-likeness (QED) is 0.506. The summed E-state index contributed by atoms with van der Waals surface area (Å²) >= 11 is 1.53. The van der Waals surface area contributed by atoms with E-state index in [1.54, 1.807) is 36.5 Å². The largest absolute Gasteiger partial charge is 0.485 e. The molecule has 2 N–H and O–H groups in total. The molecule has 2 aromatic carbocycles. The van der Waals surface area contributed by atoms with Crippen molar-refractivity contribution in [1.29, 1.82) is 0 Å². The van der Waals surface area contributed by atoms with Crippen molar-refractivity contribution in [3.8, 4) is 17.2 Å². The molecular weight excluding hydrogens is 392 g/mol. The van der Waals surface area contributed by atoms with E-state index in [1.807, 2.05) is 35.2 Å². The van der Waals surface area contributed by atoms with E-state index in [2.05, 4.69) is 15.8 Å². The molecule has 0 aliphatic carbocycles. The maximum atomic E-state index is 12.3. The summed E-state index contributed by atoms with van der Waals surface area (Å²) in [6.07, 6.45) is 4.67. The van der Waals surface area contributed by atoms with Gasteiger partial charge in [0.25, 0.3) is 11.8 Å². The van der Waals surface area contributed by atoms with Gasteiger partial charge in [-0.1, -0.05) is 23.9 Å². The Labute approximate surface area is 171 Å². The van der Waals surface area contributed by atoms with Crippen molar-refractivity contribution in [1.82, 2.24) is 20.4 Å². The smallest absolute Gasteiger partial charge is 0.283 e. The first-order valence-corrected chi connectivity index (χ1v) is 10.0. The van der Waals surface area contributed by atoms with Gasteiger partial charge < -0.3 is 9.47 Å². The molecule has 1 aliphatic heterocycles. The second kappa shape index (κ2) is 8.27. The van der Waals surface area contributed by atoms with Crippen LogP contribution < -0.4 is 20.3 Å². The van der Waals surface area contributed by atoms with Crippen molar-refractivity contribution >= 4 is 23.6 Å². The van der Waals surface area contributed by atoms with E-state index in [0.29, 0.717) is 17.1 Å². The fourth-order valence-electron chi connectivity index (χ4n) is 2.83. The van der Waals surface area contributed by atoms with Crippen LogP contribution in [0.3, 0.4) is 0 Å². The predicted octanol–water partition coefficient (Wildman–Crippen LogP) is 2.20. The van der Waals surface area contributed by atoms with Gasteiger partial charge in [-0.2, -0.15) is 0 Å². The number of rotatable bonds is 4. The molecule has 0 spiro atoms. The average molecular weight is 410 g/mol. The van der Waals surface area contributed by atoms with E-state index >= 15 is 0 Å². The van der Waals surface area contributed by atoms with E-state index in [4.69, 9.17) is 9.47 Å². The molecule has 0 saturated carbocycles. The number of thioether (sulfide) groups is 1. The standard InChI is InChI=1S/C20H18N4O4S/c1-29-20-21-10-11-24(20)14-8-6-13(7-9-14)18(25)22-23-19(26)17-12-27-15-4-2-3-5-16(15)28-17/h2-11,17H,12H2,1H3,(H,22,25)(H,23,26)/t17-/m1/s1. The molecule has 3 aromatic rings. The first-order valence-electron chi connectivity index (χ1n) is 8.82. The van der Waals surface area contributed by atoms with Gasteiger partial charge in [-0.05, 0) is 42.7 Å². The van der Waals surface area contributed by atoms with Gasteiger partial charge in [0.2, 0.25) is 6.10 Å². The first-order chi connectivity index (χ1) is 14.2. The zero-order valence-electron chi connectivity index (χ0n) is 15.5. The monoisotopic (exact) mass is 410 g/mol. The lowest BCUT2D eigenvalue weighted by molar-refractivity contribution is -0.131. The fraction of sp³-hybridized carbons (Fsp3) is 0.150. The minimum Gasteiger partial charge on any atom is -0.485 e. The summed E-state index contributed by atoms with van der Waals surface area (Å²) in [5.74, 6) is 0.151. The van der Waals surface area contributed by atoms with Gasteiger partial charge in [0.1, 0.15) is 6.61 Å². The molecule has 0 unspecified atom stereocenters. The number of aromatic nitrogens is 2. The fourth-order valence-corrected chi connectivity index (χ4v) is 3.36. The lowest BCUT2D eigenvalue weighted by atomic mass is 10.2. The lowest BCUT2D eigenvalue weighted by Gasteiger charge is -2.25. The van der Waals surface area contributed by atoms with Gasteiger partial charge in [0.15, 0.2) is 16.7 Å². The number of ether oxygens (including phenoxy) is 2.